The van der Waals surface area contributed by atoms with Crippen molar-refractivity contribution in [1.82, 2.24) is 30.1 Å². The van der Waals surface area contributed by atoms with Gasteiger partial charge >= 0.3 is 6.09 Å². The van der Waals surface area contributed by atoms with Gasteiger partial charge in [0.2, 0.25) is 0 Å². The van der Waals surface area contributed by atoms with Crippen LogP contribution < -0.4 is 4.90 Å². The summed E-state index contributed by atoms with van der Waals surface area (Å²) in [6.45, 7) is 6.39. The van der Waals surface area contributed by atoms with E-state index in [0.717, 1.165) is 37.1 Å². The van der Waals surface area contributed by atoms with Crippen LogP contribution in [-0.2, 0) is 17.7 Å². The van der Waals surface area contributed by atoms with Gasteiger partial charge in [-0.3, -0.25) is 4.98 Å². The van der Waals surface area contributed by atoms with Gasteiger partial charge in [-0.05, 0) is 72.7 Å². The molecule has 34 heavy (non-hydrogen) atoms. The highest BCUT2D eigenvalue weighted by molar-refractivity contribution is 5.68. The van der Waals surface area contributed by atoms with Crippen molar-refractivity contribution in [3.8, 4) is 5.69 Å². The first-order valence-electron chi connectivity index (χ1n) is 11.7. The van der Waals surface area contributed by atoms with Crippen LogP contribution in [0.4, 0.5) is 14.9 Å². The van der Waals surface area contributed by atoms with Crippen molar-refractivity contribution in [2.75, 3.05) is 24.5 Å². The van der Waals surface area contributed by atoms with Gasteiger partial charge in [-0.25, -0.2) is 13.9 Å². The van der Waals surface area contributed by atoms with E-state index >= 15 is 0 Å². The van der Waals surface area contributed by atoms with E-state index in [9.17, 15) is 9.18 Å². The summed E-state index contributed by atoms with van der Waals surface area (Å²) in [6, 6.07) is 7.55. The topological polar surface area (TPSA) is 89.3 Å². The minimum atomic E-state index is -0.278. The second-order valence-corrected chi connectivity index (χ2v) is 9.14. The largest absolute Gasteiger partial charge is 0.447 e. The van der Waals surface area contributed by atoms with Gasteiger partial charge in [-0.15, -0.1) is 5.10 Å². The Bertz CT molecular complexity index is 1140. The second-order valence-electron chi connectivity index (χ2n) is 9.14. The lowest BCUT2D eigenvalue weighted by atomic mass is 9.90. The molecule has 1 amide bonds. The predicted molar refractivity (Wildman–Crippen MR) is 123 cm³/mol. The number of halogens is 1. The number of likely N-dealkylation sites (tertiary alicyclic amines) is 1. The number of carbonyl (C=O) groups excluding carboxylic acids is 1. The van der Waals surface area contributed by atoms with Gasteiger partial charge in [-0.2, -0.15) is 0 Å². The van der Waals surface area contributed by atoms with Crippen molar-refractivity contribution < 1.29 is 13.9 Å². The Morgan fingerprint density at radius 3 is 2.71 bits per heavy atom. The Hall–Kier alpha value is -3.56. The first kappa shape index (κ1) is 22.2. The number of carbonyl (C=O) groups is 1. The van der Waals surface area contributed by atoms with Crippen LogP contribution in [0.25, 0.3) is 5.69 Å². The Balaban J connectivity index is 1.21. The molecule has 4 heterocycles. The maximum atomic E-state index is 15.0. The number of pyridine rings is 1. The summed E-state index contributed by atoms with van der Waals surface area (Å²) in [7, 11) is 0. The third-order valence-corrected chi connectivity index (χ3v) is 6.47. The van der Waals surface area contributed by atoms with Gasteiger partial charge < -0.3 is 14.5 Å². The molecule has 178 valence electrons. The molecule has 0 radical (unpaired) electrons. The molecule has 0 N–H and O–H groups in total. The van der Waals surface area contributed by atoms with Crippen LogP contribution in [0, 0.1) is 5.82 Å². The zero-order chi connectivity index (χ0) is 23.7. The summed E-state index contributed by atoms with van der Waals surface area (Å²) < 4.78 is 21.7. The van der Waals surface area contributed by atoms with Crippen molar-refractivity contribution in [2.45, 2.75) is 51.7 Å². The maximum absolute atomic E-state index is 15.0. The van der Waals surface area contributed by atoms with Gasteiger partial charge in [0, 0.05) is 31.9 Å². The standard InChI is InChI=1S/C24H28FN7O2/c1-16(2)34-24(33)30-8-5-17(6-9-30)19-3-4-20(26-13-19)14-31-10-7-18-11-21(12-22(25)23(18)31)32-15-27-28-29-32/h3-4,11-13,15-17H,5-10,14H2,1-2H3. The molecule has 0 saturated carbocycles. The van der Waals surface area contributed by atoms with Crippen LogP contribution in [0.3, 0.4) is 0 Å². The fourth-order valence-electron chi connectivity index (χ4n) is 4.76. The summed E-state index contributed by atoms with van der Waals surface area (Å²) in [4.78, 5) is 20.6. The molecule has 2 aliphatic rings. The third-order valence-electron chi connectivity index (χ3n) is 6.47. The van der Waals surface area contributed by atoms with E-state index in [1.54, 1.807) is 4.90 Å². The monoisotopic (exact) mass is 465 g/mol. The molecular formula is C24H28FN7O2. The summed E-state index contributed by atoms with van der Waals surface area (Å²) in [5, 5.41) is 11.1. The minimum absolute atomic E-state index is 0.106. The lowest BCUT2D eigenvalue weighted by molar-refractivity contribution is 0.0692. The van der Waals surface area contributed by atoms with E-state index in [1.165, 1.54) is 22.6 Å². The van der Waals surface area contributed by atoms with E-state index in [4.69, 9.17) is 4.74 Å². The van der Waals surface area contributed by atoms with Crippen molar-refractivity contribution >= 4 is 11.8 Å². The van der Waals surface area contributed by atoms with E-state index in [0.29, 0.717) is 36.9 Å². The molecule has 0 unspecified atom stereocenters. The van der Waals surface area contributed by atoms with E-state index in [2.05, 4.69) is 26.6 Å². The number of hydrogen-bond donors (Lipinski definition) is 0. The highest BCUT2D eigenvalue weighted by Gasteiger charge is 2.27. The molecule has 2 aromatic heterocycles. The smallest absolute Gasteiger partial charge is 0.410 e. The number of tetrazole rings is 1. The quantitative estimate of drug-likeness (QED) is 0.570. The van der Waals surface area contributed by atoms with Gasteiger partial charge in [0.1, 0.15) is 12.1 Å². The van der Waals surface area contributed by atoms with Crippen LogP contribution >= 0.6 is 0 Å². The number of rotatable bonds is 5. The molecule has 0 spiro atoms. The SMILES string of the molecule is CC(C)OC(=O)N1CCC(c2ccc(CN3CCc4cc(-n5cnnn5)cc(F)c43)nc2)CC1. The van der Waals surface area contributed by atoms with Crippen LogP contribution in [0.15, 0.2) is 36.8 Å². The minimum Gasteiger partial charge on any atom is -0.447 e. The lowest BCUT2D eigenvalue weighted by Crippen LogP contribution is -2.39. The Labute approximate surface area is 197 Å². The Morgan fingerprint density at radius 2 is 2.03 bits per heavy atom. The molecule has 1 fully saturated rings. The average Bonchev–Trinajstić information content (AvgIpc) is 3.50. The van der Waals surface area contributed by atoms with Crippen molar-refractivity contribution in [3.63, 3.8) is 0 Å². The molecule has 10 heteroatoms. The molecule has 0 atom stereocenters. The van der Waals surface area contributed by atoms with Gasteiger partial charge in [0.15, 0.2) is 0 Å². The van der Waals surface area contributed by atoms with E-state index in [1.807, 2.05) is 37.1 Å². The number of benzene rings is 1. The summed E-state index contributed by atoms with van der Waals surface area (Å²) >= 11 is 0. The fraction of sp³-hybridized carbons (Fsp3) is 0.458. The van der Waals surface area contributed by atoms with Crippen molar-refractivity contribution in [3.05, 3.63) is 59.4 Å². The Morgan fingerprint density at radius 1 is 1.21 bits per heavy atom. The van der Waals surface area contributed by atoms with Crippen LogP contribution in [0.5, 0.6) is 0 Å². The zero-order valence-corrected chi connectivity index (χ0v) is 19.4. The highest BCUT2D eigenvalue weighted by Crippen LogP contribution is 2.34. The number of anilines is 1. The molecule has 2 aliphatic heterocycles. The van der Waals surface area contributed by atoms with Gasteiger partial charge in [0.05, 0.1) is 29.7 Å². The van der Waals surface area contributed by atoms with E-state index in [-0.39, 0.29) is 18.0 Å². The van der Waals surface area contributed by atoms with Crippen LogP contribution in [-0.4, -0.2) is 61.9 Å². The summed E-state index contributed by atoms with van der Waals surface area (Å²) in [6.07, 6.45) is 5.59. The summed E-state index contributed by atoms with van der Waals surface area (Å²) in [5.74, 6) is 0.0965. The number of fused-ring (bicyclic) bond motifs is 1. The molecule has 3 aromatic rings. The number of hydrogen-bond acceptors (Lipinski definition) is 7. The third kappa shape index (κ3) is 4.57. The number of amides is 1. The first-order valence-corrected chi connectivity index (χ1v) is 11.7. The fourth-order valence-corrected chi connectivity index (χ4v) is 4.76. The van der Waals surface area contributed by atoms with Crippen LogP contribution in [0.2, 0.25) is 0 Å². The molecular weight excluding hydrogens is 437 g/mol. The maximum Gasteiger partial charge on any atom is 0.410 e. The Kier molecular flexibility index (Phi) is 6.12. The number of aromatic nitrogens is 5. The predicted octanol–water partition coefficient (Wildman–Crippen LogP) is 3.48. The number of ether oxygens (including phenoxy) is 1. The first-order chi connectivity index (χ1) is 16.5. The normalized spacial score (nSPS) is 16.2. The average molecular weight is 466 g/mol. The van der Waals surface area contributed by atoms with Crippen molar-refractivity contribution in [1.29, 1.82) is 0 Å². The molecule has 1 saturated heterocycles. The molecule has 5 rings (SSSR count). The van der Waals surface area contributed by atoms with Gasteiger partial charge in [-0.1, -0.05) is 6.07 Å². The number of piperidine rings is 1. The molecule has 1 aromatic carbocycles. The van der Waals surface area contributed by atoms with Gasteiger partial charge in [0.25, 0.3) is 0 Å². The number of nitrogens with zero attached hydrogens (tertiary/aromatic N) is 7. The second kappa shape index (κ2) is 9.36. The summed E-state index contributed by atoms with van der Waals surface area (Å²) in [5.41, 5.74) is 4.28. The molecule has 0 bridgehead atoms. The zero-order valence-electron chi connectivity index (χ0n) is 19.4. The van der Waals surface area contributed by atoms with Crippen LogP contribution in [0.1, 0.15) is 49.4 Å². The lowest BCUT2D eigenvalue weighted by Gasteiger charge is -2.32. The molecule has 9 nitrogen and oxygen atoms in total. The highest BCUT2D eigenvalue weighted by atomic mass is 19.1. The van der Waals surface area contributed by atoms with E-state index < -0.39 is 0 Å². The molecule has 0 aliphatic carbocycles. The van der Waals surface area contributed by atoms with Crippen molar-refractivity contribution in [2.24, 2.45) is 0 Å².